The molecule has 2 amide bonds. The Balaban J connectivity index is 1.16. The third-order valence-corrected chi connectivity index (χ3v) is 5.68. The summed E-state index contributed by atoms with van der Waals surface area (Å²) in [5, 5.41) is 3.04. The van der Waals surface area contributed by atoms with Gasteiger partial charge in [-0.2, -0.15) is 0 Å². The SMILES string of the molecule is O=C(NCCc1cnc(C2CC2)nc1)N1CCC([C@@H]2CCCO2)CC1. The molecule has 0 spiro atoms. The quantitative estimate of drug-likeness (QED) is 0.891. The Labute approximate surface area is 149 Å². The van der Waals surface area contributed by atoms with Crippen LogP contribution < -0.4 is 5.32 Å². The molecule has 4 rings (SSSR count). The Kier molecular flexibility index (Phi) is 5.15. The van der Waals surface area contributed by atoms with Gasteiger partial charge in [-0.05, 0) is 56.4 Å². The molecule has 1 aromatic heterocycles. The fourth-order valence-corrected chi connectivity index (χ4v) is 3.92. The average molecular weight is 344 g/mol. The highest BCUT2D eigenvalue weighted by Crippen LogP contribution is 2.37. The van der Waals surface area contributed by atoms with Gasteiger partial charge in [0.1, 0.15) is 5.82 Å². The van der Waals surface area contributed by atoms with Crippen molar-refractivity contribution in [1.82, 2.24) is 20.2 Å². The molecule has 0 unspecified atom stereocenters. The normalized spacial score (nSPS) is 24.5. The lowest BCUT2D eigenvalue weighted by Crippen LogP contribution is -2.46. The van der Waals surface area contributed by atoms with Crippen molar-refractivity contribution in [3.63, 3.8) is 0 Å². The molecule has 1 N–H and O–H groups in total. The highest BCUT2D eigenvalue weighted by molar-refractivity contribution is 5.74. The van der Waals surface area contributed by atoms with E-state index in [1.54, 1.807) is 0 Å². The molecule has 136 valence electrons. The fraction of sp³-hybridized carbons (Fsp3) is 0.737. The number of likely N-dealkylation sites (tertiary alicyclic amines) is 1. The Bertz CT molecular complexity index is 574. The highest BCUT2D eigenvalue weighted by atomic mass is 16.5. The van der Waals surface area contributed by atoms with Crippen LogP contribution in [-0.4, -0.2) is 53.2 Å². The molecule has 1 saturated carbocycles. The van der Waals surface area contributed by atoms with Crippen LogP contribution in [0.1, 0.15) is 55.8 Å². The Morgan fingerprint density at radius 2 is 1.92 bits per heavy atom. The smallest absolute Gasteiger partial charge is 0.317 e. The van der Waals surface area contributed by atoms with Gasteiger partial charge >= 0.3 is 6.03 Å². The zero-order valence-electron chi connectivity index (χ0n) is 14.8. The van der Waals surface area contributed by atoms with Crippen molar-refractivity contribution in [2.24, 2.45) is 5.92 Å². The van der Waals surface area contributed by atoms with Gasteiger partial charge in [0, 0.05) is 44.6 Å². The van der Waals surface area contributed by atoms with Gasteiger partial charge in [0.25, 0.3) is 0 Å². The van der Waals surface area contributed by atoms with E-state index in [0.29, 0.717) is 24.5 Å². The average Bonchev–Trinajstić information content (AvgIpc) is 3.36. The number of piperidine rings is 1. The number of nitrogens with zero attached hydrogens (tertiary/aromatic N) is 3. The van der Waals surface area contributed by atoms with Crippen molar-refractivity contribution in [3.8, 4) is 0 Å². The summed E-state index contributed by atoms with van der Waals surface area (Å²) in [6.07, 6.45) is 12.0. The number of nitrogens with one attached hydrogen (secondary N) is 1. The van der Waals surface area contributed by atoms with Crippen LogP contribution in [0.3, 0.4) is 0 Å². The third kappa shape index (κ3) is 4.29. The van der Waals surface area contributed by atoms with Crippen LogP contribution in [0.5, 0.6) is 0 Å². The molecule has 0 bridgehead atoms. The van der Waals surface area contributed by atoms with Crippen LogP contribution in [0.15, 0.2) is 12.4 Å². The van der Waals surface area contributed by atoms with Gasteiger partial charge in [0.2, 0.25) is 0 Å². The lowest BCUT2D eigenvalue weighted by atomic mass is 9.90. The summed E-state index contributed by atoms with van der Waals surface area (Å²) in [6, 6.07) is 0.0568. The second kappa shape index (κ2) is 7.68. The minimum absolute atomic E-state index is 0.0568. The maximum absolute atomic E-state index is 12.3. The van der Waals surface area contributed by atoms with Crippen LogP contribution in [-0.2, 0) is 11.2 Å². The minimum Gasteiger partial charge on any atom is -0.378 e. The van der Waals surface area contributed by atoms with Gasteiger partial charge in [-0.1, -0.05) is 0 Å². The molecule has 6 heteroatoms. The predicted octanol–water partition coefficient (Wildman–Crippen LogP) is 2.50. The third-order valence-electron chi connectivity index (χ3n) is 5.68. The molecule has 1 aromatic rings. The van der Waals surface area contributed by atoms with E-state index in [1.807, 2.05) is 17.3 Å². The largest absolute Gasteiger partial charge is 0.378 e. The summed E-state index contributed by atoms with van der Waals surface area (Å²) < 4.78 is 5.80. The molecular formula is C19H28N4O2. The summed E-state index contributed by atoms with van der Waals surface area (Å²) in [5.41, 5.74) is 1.08. The van der Waals surface area contributed by atoms with Gasteiger partial charge in [-0.3, -0.25) is 0 Å². The molecule has 3 heterocycles. The van der Waals surface area contributed by atoms with Gasteiger partial charge in [-0.15, -0.1) is 0 Å². The lowest BCUT2D eigenvalue weighted by molar-refractivity contribution is 0.0373. The van der Waals surface area contributed by atoms with Crippen LogP contribution in [0.4, 0.5) is 4.79 Å². The number of aromatic nitrogens is 2. The van der Waals surface area contributed by atoms with Crippen molar-refractivity contribution in [2.45, 2.75) is 57.0 Å². The monoisotopic (exact) mass is 344 g/mol. The first-order valence-electron chi connectivity index (χ1n) is 9.75. The number of ether oxygens (including phenoxy) is 1. The van der Waals surface area contributed by atoms with E-state index in [2.05, 4.69) is 15.3 Å². The molecule has 2 aliphatic heterocycles. The minimum atomic E-state index is 0.0568. The summed E-state index contributed by atoms with van der Waals surface area (Å²) >= 11 is 0. The van der Waals surface area contributed by atoms with Crippen molar-refractivity contribution in [1.29, 1.82) is 0 Å². The fourth-order valence-electron chi connectivity index (χ4n) is 3.92. The summed E-state index contributed by atoms with van der Waals surface area (Å²) in [4.78, 5) is 23.1. The van der Waals surface area contributed by atoms with E-state index < -0.39 is 0 Å². The molecule has 1 atom stereocenters. The molecule has 1 aliphatic carbocycles. The predicted molar refractivity (Wildman–Crippen MR) is 94.4 cm³/mol. The second-order valence-corrected chi connectivity index (χ2v) is 7.58. The van der Waals surface area contributed by atoms with E-state index in [0.717, 1.165) is 50.3 Å². The molecule has 25 heavy (non-hydrogen) atoms. The standard InChI is InChI=1S/C19H28N4O2/c24-19(23-9-6-15(7-10-23)17-2-1-11-25-17)20-8-5-14-12-21-18(22-13-14)16-3-4-16/h12-13,15-17H,1-11H2,(H,20,24)/t17-/m0/s1. The van der Waals surface area contributed by atoms with E-state index in [1.165, 1.54) is 25.7 Å². The van der Waals surface area contributed by atoms with E-state index in [9.17, 15) is 4.79 Å². The zero-order valence-corrected chi connectivity index (χ0v) is 14.8. The Hall–Kier alpha value is -1.69. The molecular weight excluding hydrogens is 316 g/mol. The highest BCUT2D eigenvalue weighted by Gasteiger charge is 2.30. The van der Waals surface area contributed by atoms with Crippen molar-refractivity contribution >= 4 is 6.03 Å². The number of amides is 2. The van der Waals surface area contributed by atoms with E-state index in [-0.39, 0.29) is 6.03 Å². The van der Waals surface area contributed by atoms with Crippen LogP contribution >= 0.6 is 0 Å². The molecule has 2 saturated heterocycles. The van der Waals surface area contributed by atoms with Crippen LogP contribution in [0, 0.1) is 5.92 Å². The summed E-state index contributed by atoms with van der Waals surface area (Å²) in [6.45, 7) is 3.23. The van der Waals surface area contributed by atoms with Crippen LogP contribution in [0.25, 0.3) is 0 Å². The summed E-state index contributed by atoms with van der Waals surface area (Å²) in [5.74, 6) is 2.20. The summed E-state index contributed by atoms with van der Waals surface area (Å²) in [7, 11) is 0. The number of urea groups is 1. The first kappa shape index (κ1) is 16.8. The lowest BCUT2D eigenvalue weighted by Gasteiger charge is -2.34. The molecule has 3 aliphatic rings. The first-order chi connectivity index (χ1) is 12.3. The molecule has 6 nitrogen and oxygen atoms in total. The van der Waals surface area contributed by atoms with Crippen molar-refractivity contribution in [3.05, 3.63) is 23.8 Å². The topological polar surface area (TPSA) is 67.4 Å². The maximum atomic E-state index is 12.3. The van der Waals surface area contributed by atoms with Crippen molar-refractivity contribution in [2.75, 3.05) is 26.2 Å². The van der Waals surface area contributed by atoms with E-state index in [4.69, 9.17) is 4.74 Å². The number of carbonyl (C=O) groups is 1. The first-order valence-corrected chi connectivity index (χ1v) is 9.75. The number of hydrogen-bond acceptors (Lipinski definition) is 4. The number of carbonyl (C=O) groups excluding carboxylic acids is 1. The molecule has 3 fully saturated rings. The maximum Gasteiger partial charge on any atom is 0.317 e. The molecule has 0 radical (unpaired) electrons. The van der Waals surface area contributed by atoms with E-state index >= 15 is 0 Å². The van der Waals surface area contributed by atoms with Gasteiger partial charge < -0.3 is 15.0 Å². The molecule has 0 aromatic carbocycles. The number of rotatable bonds is 5. The van der Waals surface area contributed by atoms with Gasteiger partial charge in [0.15, 0.2) is 0 Å². The Morgan fingerprint density at radius 1 is 1.16 bits per heavy atom. The second-order valence-electron chi connectivity index (χ2n) is 7.58. The van der Waals surface area contributed by atoms with Crippen molar-refractivity contribution < 1.29 is 9.53 Å². The van der Waals surface area contributed by atoms with Gasteiger partial charge in [-0.25, -0.2) is 14.8 Å². The van der Waals surface area contributed by atoms with Gasteiger partial charge in [0.05, 0.1) is 6.10 Å². The zero-order chi connectivity index (χ0) is 17.1. The Morgan fingerprint density at radius 3 is 2.56 bits per heavy atom. The number of hydrogen-bond donors (Lipinski definition) is 1. The van der Waals surface area contributed by atoms with Crippen LogP contribution in [0.2, 0.25) is 0 Å².